The molecule has 0 aliphatic heterocycles. The molecule has 1 heterocycles. The number of halogens is 1. The molecule has 0 spiro atoms. The molecule has 0 bridgehead atoms. The summed E-state index contributed by atoms with van der Waals surface area (Å²) in [5.41, 5.74) is 8.66. The van der Waals surface area contributed by atoms with Crippen LogP contribution in [0, 0.1) is 0 Å². The van der Waals surface area contributed by atoms with Crippen molar-refractivity contribution in [2.24, 2.45) is 5.73 Å². The summed E-state index contributed by atoms with van der Waals surface area (Å²) >= 11 is 5.19. The van der Waals surface area contributed by atoms with Crippen LogP contribution in [0.3, 0.4) is 0 Å². The van der Waals surface area contributed by atoms with E-state index in [0.29, 0.717) is 0 Å². The molecule has 0 saturated heterocycles. The summed E-state index contributed by atoms with van der Waals surface area (Å²) in [6.45, 7) is 0. The third kappa shape index (κ3) is 3.57. The Balaban J connectivity index is 2.06. The average Bonchev–Trinajstić information content (AvgIpc) is 2.82. The van der Waals surface area contributed by atoms with Crippen molar-refractivity contribution >= 4 is 27.3 Å². The summed E-state index contributed by atoms with van der Waals surface area (Å²) in [6.07, 6.45) is 1.72. The van der Waals surface area contributed by atoms with E-state index in [-0.39, 0.29) is 6.04 Å². The van der Waals surface area contributed by atoms with Gasteiger partial charge in [-0.15, -0.1) is 0 Å². The summed E-state index contributed by atoms with van der Waals surface area (Å²) in [5, 5.41) is 4.24. The first-order valence-electron chi connectivity index (χ1n) is 5.78. The van der Waals surface area contributed by atoms with Crippen molar-refractivity contribution in [3.63, 3.8) is 0 Å². The quantitative estimate of drug-likeness (QED) is 0.911. The molecule has 2 nitrogen and oxygen atoms in total. The van der Waals surface area contributed by atoms with Gasteiger partial charge in [-0.25, -0.2) is 0 Å². The van der Waals surface area contributed by atoms with Gasteiger partial charge < -0.3 is 10.5 Å². The SMILES string of the molecule is COc1ccc(Br)cc1CC(N)Cc1ccsc1. The lowest BCUT2D eigenvalue weighted by molar-refractivity contribution is 0.407. The number of nitrogens with two attached hydrogens (primary N) is 1. The minimum Gasteiger partial charge on any atom is -0.496 e. The molecule has 0 amide bonds. The van der Waals surface area contributed by atoms with Crippen LogP contribution in [0.25, 0.3) is 0 Å². The molecule has 1 aromatic heterocycles. The van der Waals surface area contributed by atoms with Gasteiger partial charge in [0.05, 0.1) is 7.11 Å². The molecule has 1 unspecified atom stereocenters. The highest BCUT2D eigenvalue weighted by Gasteiger charge is 2.10. The second-order valence-corrected chi connectivity index (χ2v) is 5.95. The molecule has 18 heavy (non-hydrogen) atoms. The van der Waals surface area contributed by atoms with Gasteiger partial charge in [0, 0.05) is 10.5 Å². The van der Waals surface area contributed by atoms with Crippen LogP contribution in [0.2, 0.25) is 0 Å². The Bertz CT molecular complexity index is 499. The van der Waals surface area contributed by atoms with Crippen LogP contribution in [-0.2, 0) is 12.8 Å². The highest BCUT2D eigenvalue weighted by molar-refractivity contribution is 9.10. The Morgan fingerprint density at radius 1 is 1.33 bits per heavy atom. The molecule has 0 aliphatic rings. The molecule has 0 fully saturated rings. The summed E-state index contributed by atoms with van der Waals surface area (Å²) in [5.74, 6) is 0.902. The van der Waals surface area contributed by atoms with Crippen LogP contribution >= 0.6 is 27.3 Å². The second-order valence-electron chi connectivity index (χ2n) is 4.26. The lowest BCUT2D eigenvalue weighted by Crippen LogP contribution is -2.25. The van der Waals surface area contributed by atoms with E-state index < -0.39 is 0 Å². The lowest BCUT2D eigenvalue weighted by Gasteiger charge is -2.14. The smallest absolute Gasteiger partial charge is 0.122 e. The van der Waals surface area contributed by atoms with E-state index in [9.17, 15) is 0 Å². The van der Waals surface area contributed by atoms with Gasteiger partial charge in [0.15, 0.2) is 0 Å². The molecule has 4 heteroatoms. The van der Waals surface area contributed by atoms with Crippen LogP contribution in [0.15, 0.2) is 39.5 Å². The van der Waals surface area contributed by atoms with E-state index in [1.165, 1.54) is 5.56 Å². The number of benzene rings is 1. The van der Waals surface area contributed by atoms with Crippen LogP contribution in [-0.4, -0.2) is 13.2 Å². The van der Waals surface area contributed by atoms with Gasteiger partial charge in [0.25, 0.3) is 0 Å². The van der Waals surface area contributed by atoms with Crippen LogP contribution in [0.1, 0.15) is 11.1 Å². The summed E-state index contributed by atoms with van der Waals surface area (Å²) < 4.78 is 6.42. The number of hydrogen-bond donors (Lipinski definition) is 1. The van der Waals surface area contributed by atoms with Crippen molar-refractivity contribution in [3.05, 3.63) is 50.6 Å². The van der Waals surface area contributed by atoms with Crippen molar-refractivity contribution in [2.75, 3.05) is 7.11 Å². The zero-order valence-electron chi connectivity index (χ0n) is 10.2. The number of ether oxygens (including phenoxy) is 1. The minimum atomic E-state index is 0.114. The van der Waals surface area contributed by atoms with Gasteiger partial charge in [-0.2, -0.15) is 11.3 Å². The van der Waals surface area contributed by atoms with E-state index in [4.69, 9.17) is 10.5 Å². The molecular weight excluding hydrogens is 310 g/mol. The monoisotopic (exact) mass is 325 g/mol. The molecule has 2 rings (SSSR count). The van der Waals surface area contributed by atoms with Crippen molar-refractivity contribution in [1.29, 1.82) is 0 Å². The third-order valence-electron chi connectivity index (χ3n) is 2.80. The van der Waals surface area contributed by atoms with E-state index in [2.05, 4.69) is 38.8 Å². The van der Waals surface area contributed by atoms with Crippen molar-refractivity contribution in [3.8, 4) is 5.75 Å². The average molecular weight is 326 g/mol. The Labute approximate surface area is 120 Å². The van der Waals surface area contributed by atoms with Gasteiger partial charge in [-0.05, 0) is 59.0 Å². The largest absolute Gasteiger partial charge is 0.496 e. The van der Waals surface area contributed by atoms with Crippen LogP contribution in [0.4, 0.5) is 0 Å². The third-order valence-corrected chi connectivity index (χ3v) is 4.03. The molecule has 1 aromatic carbocycles. The molecular formula is C14H16BrNOS. The zero-order chi connectivity index (χ0) is 13.0. The van der Waals surface area contributed by atoms with Crippen molar-refractivity contribution in [1.82, 2.24) is 0 Å². The van der Waals surface area contributed by atoms with Gasteiger partial charge >= 0.3 is 0 Å². The van der Waals surface area contributed by atoms with E-state index >= 15 is 0 Å². The van der Waals surface area contributed by atoms with Gasteiger partial charge in [0.1, 0.15) is 5.75 Å². The first-order chi connectivity index (χ1) is 8.69. The number of rotatable bonds is 5. The number of hydrogen-bond acceptors (Lipinski definition) is 3. The second kappa shape index (κ2) is 6.36. The molecule has 96 valence electrons. The van der Waals surface area contributed by atoms with E-state index in [0.717, 1.165) is 28.6 Å². The lowest BCUT2D eigenvalue weighted by atomic mass is 10.0. The first kappa shape index (κ1) is 13.6. The fourth-order valence-corrected chi connectivity index (χ4v) is 3.06. The number of thiophene rings is 1. The van der Waals surface area contributed by atoms with Crippen molar-refractivity contribution in [2.45, 2.75) is 18.9 Å². The molecule has 1 atom stereocenters. The summed E-state index contributed by atoms with van der Waals surface area (Å²) in [6, 6.07) is 8.26. The van der Waals surface area contributed by atoms with Crippen molar-refractivity contribution < 1.29 is 4.74 Å². The van der Waals surface area contributed by atoms with Crippen LogP contribution < -0.4 is 10.5 Å². The Hall–Kier alpha value is -0.840. The molecule has 2 N–H and O–H groups in total. The molecule has 2 aromatic rings. The molecule has 0 saturated carbocycles. The molecule has 0 radical (unpaired) electrons. The normalized spacial score (nSPS) is 12.4. The maximum absolute atomic E-state index is 6.20. The molecule has 0 aliphatic carbocycles. The summed E-state index contributed by atoms with van der Waals surface area (Å²) in [7, 11) is 1.69. The first-order valence-corrected chi connectivity index (χ1v) is 7.51. The van der Waals surface area contributed by atoms with E-state index in [1.807, 2.05) is 12.1 Å². The minimum absolute atomic E-state index is 0.114. The predicted molar refractivity (Wildman–Crippen MR) is 80.4 cm³/mol. The highest BCUT2D eigenvalue weighted by Crippen LogP contribution is 2.24. The number of methoxy groups -OCH3 is 1. The van der Waals surface area contributed by atoms with Gasteiger partial charge in [-0.3, -0.25) is 0 Å². The van der Waals surface area contributed by atoms with Crippen LogP contribution in [0.5, 0.6) is 5.75 Å². The maximum Gasteiger partial charge on any atom is 0.122 e. The topological polar surface area (TPSA) is 35.2 Å². The maximum atomic E-state index is 6.20. The zero-order valence-corrected chi connectivity index (χ0v) is 12.6. The van der Waals surface area contributed by atoms with Gasteiger partial charge in [-0.1, -0.05) is 15.9 Å². The van der Waals surface area contributed by atoms with E-state index in [1.54, 1.807) is 18.4 Å². The summed E-state index contributed by atoms with van der Waals surface area (Å²) in [4.78, 5) is 0. The Morgan fingerprint density at radius 2 is 2.17 bits per heavy atom. The standard InChI is InChI=1S/C14H16BrNOS/c1-17-14-3-2-12(15)7-11(14)8-13(16)6-10-4-5-18-9-10/h2-5,7,9,13H,6,8,16H2,1H3. The fraction of sp³-hybridized carbons (Fsp3) is 0.286. The Morgan fingerprint density at radius 3 is 2.83 bits per heavy atom. The highest BCUT2D eigenvalue weighted by atomic mass is 79.9. The van der Waals surface area contributed by atoms with Gasteiger partial charge in [0.2, 0.25) is 0 Å². The fourth-order valence-electron chi connectivity index (χ4n) is 1.97. The predicted octanol–water partition coefficient (Wildman–Crippen LogP) is 3.63. The Kier molecular flexibility index (Phi) is 4.80.